The second-order valence-electron chi connectivity index (χ2n) is 12.1. The van der Waals surface area contributed by atoms with Crippen LogP contribution in [0.5, 0.6) is 5.75 Å². The van der Waals surface area contributed by atoms with Gasteiger partial charge in [-0.05, 0) is 73.7 Å². The quantitative estimate of drug-likeness (QED) is 0.307. The van der Waals surface area contributed by atoms with Gasteiger partial charge in [-0.15, -0.1) is 0 Å². The summed E-state index contributed by atoms with van der Waals surface area (Å²) in [6.07, 6.45) is 2.31. The number of allylic oxidation sites excluding steroid dienone is 2. The lowest BCUT2D eigenvalue weighted by Crippen LogP contribution is -2.49. The number of anilines is 2. The largest absolute Gasteiger partial charge is 0.508 e. The summed E-state index contributed by atoms with van der Waals surface area (Å²) in [5.41, 5.74) is 0.616. The molecule has 44 heavy (non-hydrogen) atoms. The van der Waals surface area contributed by atoms with E-state index >= 15 is 0 Å². The fourth-order valence-corrected chi connectivity index (χ4v) is 8.25. The van der Waals surface area contributed by atoms with E-state index in [9.17, 15) is 34.2 Å². The molecule has 3 fully saturated rings. The highest BCUT2D eigenvalue weighted by atomic mass is 35.5. The molecular weight excluding hydrogens is 584 g/mol. The number of carbonyl (C=O) groups is 5. The molecule has 2 aliphatic heterocycles. The number of nitrogens with zero attached hydrogens (tertiary/aromatic N) is 2. The molecule has 222 valence electrons. The Kier molecular flexibility index (Phi) is 6.30. The highest BCUT2D eigenvalue weighted by Gasteiger charge is 2.67. The molecule has 4 aliphatic rings. The lowest BCUT2D eigenvalue weighted by atomic mass is 9.51. The number of hydrogen-bond donors (Lipinski definition) is 2. The number of imide groups is 2. The van der Waals surface area contributed by atoms with Crippen molar-refractivity contribution in [1.29, 1.82) is 0 Å². The molecule has 7 rings (SSSR count). The van der Waals surface area contributed by atoms with Crippen LogP contribution in [0.3, 0.4) is 0 Å². The Morgan fingerprint density at radius 1 is 0.864 bits per heavy atom. The molecule has 10 heteroatoms. The number of fused-ring (bicyclic) bond motifs is 4. The van der Waals surface area contributed by atoms with Crippen molar-refractivity contribution in [3.05, 3.63) is 101 Å². The minimum atomic E-state index is -1.26. The Morgan fingerprint density at radius 2 is 1.59 bits per heavy atom. The molecule has 6 atom stereocenters. The first-order chi connectivity index (χ1) is 21.0. The smallest absolute Gasteiger partial charge is 0.335 e. The van der Waals surface area contributed by atoms with Gasteiger partial charge in [-0.3, -0.25) is 24.1 Å². The number of carbonyl (C=O) groups excluding carboxylic acids is 4. The summed E-state index contributed by atoms with van der Waals surface area (Å²) in [6.45, 7) is 1.77. The molecule has 9 nitrogen and oxygen atoms in total. The van der Waals surface area contributed by atoms with Gasteiger partial charge < -0.3 is 10.2 Å². The van der Waals surface area contributed by atoms with Gasteiger partial charge in [0.15, 0.2) is 0 Å². The van der Waals surface area contributed by atoms with Gasteiger partial charge in [0.25, 0.3) is 0 Å². The van der Waals surface area contributed by atoms with E-state index in [0.29, 0.717) is 11.3 Å². The number of aromatic carboxylic acids is 1. The van der Waals surface area contributed by atoms with Crippen molar-refractivity contribution in [2.75, 3.05) is 9.80 Å². The summed E-state index contributed by atoms with van der Waals surface area (Å²) < 4.78 is 0. The topological polar surface area (TPSA) is 132 Å². The van der Waals surface area contributed by atoms with Crippen LogP contribution >= 0.6 is 11.6 Å². The van der Waals surface area contributed by atoms with Crippen LogP contribution < -0.4 is 9.80 Å². The number of phenolic OH excluding ortho intramolecular Hbond substituents is 1. The number of phenols is 1. The molecule has 3 aromatic carbocycles. The summed E-state index contributed by atoms with van der Waals surface area (Å²) >= 11 is 6.72. The second-order valence-corrected chi connectivity index (χ2v) is 12.5. The average molecular weight is 611 g/mol. The zero-order valence-corrected chi connectivity index (χ0v) is 24.3. The lowest BCUT2D eigenvalue weighted by Gasteiger charge is -2.49. The first kappa shape index (κ1) is 28.0. The van der Waals surface area contributed by atoms with Crippen molar-refractivity contribution in [3.8, 4) is 5.75 Å². The Morgan fingerprint density at radius 3 is 2.30 bits per heavy atom. The molecule has 2 aliphatic carbocycles. The predicted molar refractivity (Wildman–Crippen MR) is 160 cm³/mol. The zero-order valence-electron chi connectivity index (χ0n) is 23.5. The molecule has 0 aromatic heterocycles. The summed E-state index contributed by atoms with van der Waals surface area (Å²) in [7, 11) is 0. The van der Waals surface area contributed by atoms with Gasteiger partial charge in [-0.2, -0.15) is 0 Å². The zero-order chi connectivity index (χ0) is 31.1. The van der Waals surface area contributed by atoms with Crippen molar-refractivity contribution in [1.82, 2.24) is 0 Å². The van der Waals surface area contributed by atoms with Crippen molar-refractivity contribution in [2.45, 2.75) is 25.7 Å². The number of aromatic hydroxyl groups is 1. The average Bonchev–Trinajstić information content (AvgIpc) is 3.37. The van der Waals surface area contributed by atoms with E-state index in [4.69, 9.17) is 11.6 Å². The molecule has 0 spiro atoms. The first-order valence-corrected chi connectivity index (χ1v) is 14.7. The SMILES string of the molecule is CC12C(=O)N(c3ccccc3)C(=O)C1CC1C(=CCC3C(=O)N(c4cccc(C(=O)O)c4)C(=O)C31)C2c1ccc(O)cc1Cl. The van der Waals surface area contributed by atoms with Crippen LogP contribution in [0.25, 0.3) is 0 Å². The van der Waals surface area contributed by atoms with E-state index in [1.807, 2.05) is 6.08 Å². The third-order valence-electron chi connectivity index (χ3n) is 9.94. The Balaban J connectivity index is 1.36. The number of para-hydroxylation sites is 1. The highest BCUT2D eigenvalue weighted by molar-refractivity contribution is 6.32. The van der Waals surface area contributed by atoms with E-state index in [0.717, 1.165) is 10.5 Å². The molecule has 3 aromatic rings. The molecule has 6 unspecified atom stereocenters. The number of carboxylic acid groups (broad SMARTS) is 1. The first-order valence-electron chi connectivity index (χ1n) is 14.4. The van der Waals surface area contributed by atoms with Gasteiger partial charge in [0.05, 0.1) is 40.1 Å². The van der Waals surface area contributed by atoms with Gasteiger partial charge in [0.2, 0.25) is 23.6 Å². The molecule has 4 amide bonds. The van der Waals surface area contributed by atoms with Crippen molar-refractivity contribution in [2.24, 2.45) is 29.1 Å². The summed E-state index contributed by atoms with van der Waals surface area (Å²) in [5, 5.41) is 19.8. The molecular formula is C34H27ClN2O7. The van der Waals surface area contributed by atoms with Gasteiger partial charge in [-0.25, -0.2) is 9.69 Å². The number of carboxylic acids is 1. The number of rotatable bonds is 4. The van der Waals surface area contributed by atoms with E-state index in [2.05, 4.69) is 0 Å². The van der Waals surface area contributed by atoms with Crippen LogP contribution in [0.4, 0.5) is 11.4 Å². The summed E-state index contributed by atoms with van der Waals surface area (Å²) in [6, 6.07) is 18.9. The number of benzene rings is 3. The van der Waals surface area contributed by atoms with E-state index in [1.54, 1.807) is 43.3 Å². The van der Waals surface area contributed by atoms with E-state index < -0.39 is 52.8 Å². The Labute approximate surface area is 257 Å². The maximum Gasteiger partial charge on any atom is 0.335 e. The monoisotopic (exact) mass is 610 g/mol. The van der Waals surface area contributed by atoms with Crippen LogP contribution in [0, 0.1) is 29.1 Å². The Bertz CT molecular complexity index is 1820. The maximum atomic E-state index is 14.4. The minimum absolute atomic E-state index is 0.0525. The summed E-state index contributed by atoms with van der Waals surface area (Å²) in [4.78, 5) is 70.4. The number of amides is 4. The fourth-order valence-electron chi connectivity index (χ4n) is 7.97. The van der Waals surface area contributed by atoms with Gasteiger partial charge in [-0.1, -0.05) is 53.6 Å². The van der Waals surface area contributed by atoms with Crippen molar-refractivity contribution in [3.63, 3.8) is 0 Å². The molecule has 0 bridgehead atoms. The summed E-state index contributed by atoms with van der Waals surface area (Å²) in [5.74, 6) is -6.49. The third-order valence-corrected chi connectivity index (χ3v) is 10.3. The normalized spacial score (nSPS) is 29.3. The van der Waals surface area contributed by atoms with Crippen LogP contribution in [0.15, 0.2) is 84.4 Å². The van der Waals surface area contributed by atoms with Crippen LogP contribution in [0.2, 0.25) is 5.02 Å². The van der Waals surface area contributed by atoms with Crippen LogP contribution in [-0.4, -0.2) is 39.8 Å². The van der Waals surface area contributed by atoms with Crippen LogP contribution in [0.1, 0.15) is 41.6 Å². The van der Waals surface area contributed by atoms with Gasteiger partial charge in [0, 0.05) is 10.9 Å². The highest BCUT2D eigenvalue weighted by Crippen LogP contribution is 2.64. The standard InChI is InChI=1S/C34H27ClN2O7/c1-34-25(30(40)37(33(34)44)18-7-3-2-4-8-18)16-24-21(28(34)22-11-10-20(38)15-26(22)35)12-13-23-27(24)31(41)36(29(23)39)19-9-5-6-17(14-19)32(42)43/h2-12,14-15,23-25,27-28,38H,13,16H2,1H3,(H,42,43). The van der Waals surface area contributed by atoms with Crippen LogP contribution in [-0.2, 0) is 19.2 Å². The minimum Gasteiger partial charge on any atom is -0.508 e. The fraction of sp³-hybridized carbons (Fsp3) is 0.265. The molecule has 2 N–H and O–H groups in total. The molecule has 2 heterocycles. The molecule has 0 radical (unpaired) electrons. The lowest BCUT2D eigenvalue weighted by molar-refractivity contribution is -0.131. The number of hydrogen-bond acceptors (Lipinski definition) is 6. The predicted octanol–water partition coefficient (Wildman–Crippen LogP) is 5.18. The van der Waals surface area contributed by atoms with E-state index in [1.165, 1.54) is 41.3 Å². The maximum absolute atomic E-state index is 14.4. The van der Waals surface area contributed by atoms with Gasteiger partial charge in [0.1, 0.15) is 5.75 Å². The second kappa shape index (κ2) is 9.89. The van der Waals surface area contributed by atoms with Crippen molar-refractivity contribution < 1.29 is 34.2 Å². The van der Waals surface area contributed by atoms with Crippen molar-refractivity contribution >= 4 is 52.6 Å². The molecule has 2 saturated heterocycles. The van der Waals surface area contributed by atoms with Gasteiger partial charge >= 0.3 is 5.97 Å². The van der Waals surface area contributed by atoms with E-state index in [-0.39, 0.29) is 46.7 Å². The third kappa shape index (κ3) is 3.81. The Hall–Kier alpha value is -4.76. The number of halogens is 1. The molecule has 1 saturated carbocycles.